The molecule has 132 valence electrons. The number of carbonyl (C=O) groups excluding carboxylic acids is 1. The fourth-order valence-electron chi connectivity index (χ4n) is 5.94. The van der Waals surface area contributed by atoms with Gasteiger partial charge >= 0.3 is 0 Å². The van der Waals surface area contributed by atoms with Crippen molar-refractivity contribution in [3.8, 4) is 0 Å². The van der Waals surface area contributed by atoms with Crippen molar-refractivity contribution in [2.75, 3.05) is 5.75 Å². The normalized spacial score (nSPS) is 32.6. The van der Waals surface area contributed by atoms with E-state index in [1.807, 2.05) is 12.3 Å². The molecule has 25 heavy (non-hydrogen) atoms. The molecule has 4 fully saturated rings. The van der Waals surface area contributed by atoms with Crippen LogP contribution < -0.4 is 0 Å². The molecule has 1 aromatic carbocycles. The third-order valence-electron chi connectivity index (χ3n) is 6.58. The third kappa shape index (κ3) is 3.00. The van der Waals surface area contributed by atoms with E-state index in [0.717, 1.165) is 33.6 Å². The SMILES string of the molecule is Cl.O=C(CSc1cccc2cccnc12)C12CC3CC(CC(C3)C1)C2. The summed E-state index contributed by atoms with van der Waals surface area (Å²) in [5.74, 6) is 3.64. The number of fused-ring (bicyclic) bond motifs is 1. The lowest BCUT2D eigenvalue weighted by Gasteiger charge is -2.56. The van der Waals surface area contributed by atoms with Crippen molar-refractivity contribution in [3.05, 3.63) is 36.5 Å². The zero-order valence-corrected chi connectivity index (χ0v) is 16.0. The Labute approximate surface area is 159 Å². The first-order valence-corrected chi connectivity index (χ1v) is 10.2. The fourth-order valence-corrected chi connectivity index (χ4v) is 7.02. The predicted octanol–water partition coefficient (Wildman–Crippen LogP) is 5.53. The summed E-state index contributed by atoms with van der Waals surface area (Å²) >= 11 is 1.69. The highest BCUT2D eigenvalue weighted by atomic mass is 35.5. The molecule has 0 atom stereocenters. The molecule has 0 N–H and O–H groups in total. The smallest absolute Gasteiger partial charge is 0.149 e. The Morgan fingerprint density at radius 1 is 1.04 bits per heavy atom. The standard InChI is InChI=1S/C21H23NOS.ClH/c23-19(21-10-14-7-15(11-21)9-16(8-14)12-21)13-24-18-5-1-3-17-4-2-6-22-20(17)18;/h1-6,14-16H,7-13H2;1H. The van der Waals surface area contributed by atoms with Crippen LogP contribution >= 0.6 is 24.2 Å². The molecule has 4 bridgehead atoms. The molecule has 1 aromatic heterocycles. The Morgan fingerprint density at radius 3 is 2.36 bits per heavy atom. The highest BCUT2D eigenvalue weighted by molar-refractivity contribution is 8.00. The number of pyridine rings is 1. The summed E-state index contributed by atoms with van der Waals surface area (Å²) in [7, 11) is 0. The molecule has 4 aliphatic rings. The summed E-state index contributed by atoms with van der Waals surface area (Å²) in [6.07, 6.45) is 9.55. The lowest BCUT2D eigenvalue weighted by atomic mass is 9.48. The molecule has 0 amide bonds. The number of aromatic nitrogens is 1. The van der Waals surface area contributed by atoms with Gasteiger partial charge in [0.2, 0.25) is 0 Å². The maximum atomic E-state index is 13.2. The Kier molecular flexibility index (Phi) is 4.57. The lowest BCUT2D eigenvalue weighted by molar-refractivity contribution is -0.141. The minimum atomic E-state index is 0. The van der Waals surface area contributed by atoms with Gasteiger partial charge in [-0.15, -0.1) is 24.2 Å². The minimum Gasteiger partial charge on any atom is -0.298 e. The van der Waals surface area contributed by atoms with Gasteiger partial charge in [-0.3, -0.25) is 9.78 Å². The summed E-state index contributed by atoms with van der Waals surface area (Å²) in [6, 6.07) is 10.3. The zero-order chi connectivity index (χ0) is 16.1. The van der Waals surface area contributed by atoms with Crippen LogP contribution in [0.3, 0.4) is 0 Å². The van der Waals surface area contributed by atoms with Crippen LogP contribution in [0.15, 0.2) is 41.4 Å². The van der Waals surface area contributed by atoms with Gasteiger partial charge < -0.3 is 0 Å². The number of benzene rings is 1. The quantitative estimate of drug-likeness (QED) is 0.659. The van der Waals surface area contributed by atoms with Gasteiger partial charge in [0.1, 0.15) is 5.78 Å². The van der Waals surface area contributed by atoms with Crippen molar-refractivity contribution in [1.29, 1.82) is 0 Å². The number of nitrogens with zero attached hydrogens (tertiary/aromatic N) is 1. The molecule has 4 aliphatic carbocycles. The van der Waals surface area contributed by atoms with E-state index in [1.54, 1.807) is 11.8 Å². The highest BCUT2D eigenvalue weighted by Crippen LogP contribution is 2.60. The van der Waals surface area contributed by atoms with Crippen LogP contribution in [0.5, 0.6) is 0 Å². The van der Waals surface area contributed by atoms with E-state index in [2.05, 4.69) is 29.2 Å². The minimum absolute atomic E-state index is 0. The van der Waals surface area contributed by atoms with E-state index in [9.17, 15) is 4.79 Å². The third-order valence-corrected chi connectivity index (χ3v) is 7.63. The number of hydrogen-bond acceptors (Lipinski definition) is 3. The molecular formula is C21H24ClNOS. The van der Waals surface area contributed by atoms with Gasteiger partial charge in [-0.2, -0.15) is 0 Å². The molecule has 6 rings (SSSR count). The second-order valence-corrected chi connectivity index (χ2v) is 9.26. The molecule has 0 aliphatic heterocycles. The summed E-state index contributed by atoms with van der Waals surface area (Å²) in [5.41, 5.74) is 1.06. The fraction of sp³-hybridized carbons (Fsp3) is 0.524. The number of thioether (sulfide) groups is 1. The van der Waals surface area contributed by atoms with Gasteiger partial charge in [0, 0.05) is 21.9 Å². The molecule has 0 spiro atoms. The first-order valence-electron chi connectivity index (χ1n) is 9.22. The second-order valence-electron chi connectivity index (χ2n) is 8.24. The average molecular weight is 374 g/mol. The van der Waals surface area contributed by atoms with Crippen molar-refractivity contribution in [2.45, 2.75) is 43.4 Å². The van der Waals surface area contributed by atoms with Crippen LogP contribution in [0.1, 0.15) is 38.5 Å². The van der Waals surface area contributed by atoms with Crippen LogP contribution in [-0.4, -0.2) is 16.5 Å². The maximum absolute atomic E-state index is 13.2. The summed E-state index contributed by atoms with van der Waals surface area (Å²) in [5, 5.41) is 1.16. The maximum Gasteiger partial charge on any atom is 0.149 e. The van der Waals surface area contributed by atoms with Gasteiger partial charge in [-0.05, 0) is 68.4 Å². The van der Waals surface area contributed by atoms with Crippen molar-refractivity contribution in [3.63, 3.8) is 0 Å². The molecular weight excluding hydrogens is 350 g/mol. The first-order chi connectivity index (χ1) is 11.7. The van der Waals surface area contributed by atoms with E-state index in [-0.39, 0.29) is 17.8 Å². The molecule has 0 saturated heterocycles. The van der Waals surface area contributed by atoms with Crippen LogP contribution in [0.2, 0.25) is 0 Å². The Hall–Kier alpha value is -1.06. The van der Waals surface area contributed by atoms with Crippen molar-refractivity contribution < 1.29 is 4.79 Å². The summed E-state index contributed by atoms with van der Waals surface area (Å²) in [4.78, 5) is 18.8. The summed E-state index contributed by atoms with van der Waals surface area (Å²) in [6.45, 7) is 0. The number of carbonyl (C=O) groups is 1. The van der Waals surface area contributed by atoms with E-state index in [0.29, 0.717) is 11.5 Å². The molecule has 4 saturated carbocycles. The largest absolute Gasteiger partial charge is 0.298 e. The van der Waals surface area contributed by atoms with E-state index < -0.39 is 0 Å². The number of Topliss-reactive ketones (excluding diaryl/α,β-unsaturated/α-hetero) is 1. The van der Waals surface area contributed by atoms with Crippen LogP contribution in [0.4, 0.5) is 0 Å². The highest BCUT2D eigenvalue weighted by Gasteiger charge is 2.53. The Bertz CT molecular complexity index is 765. The molecule has 4 heteroatoms. The number of para-hydroxylation sites is 1. The first kappa shape index (κ1) is 17.4. The Balaban J connectivity index is 0.00000157. The zero-order valence-electron chi connectivity index (χ0n) is 14.3. The molecule has 1 heterocycles. The number of rotatable bonds is 4. The van der Waals surface area contributed by atoms with Crippen LogP contribution in [-0.2, 0) is 4.79 Å². The van der Waals surface area contributed by atoms with Crippen molar-refractivity contribution in [1.82, 2.24) is 4.98 Å². The van der Waals surface area contributed by atoms with Gasteiger partial charge in [-0.1, -0.05) is 18.2 Å². The topological polar surface area (TPSA) is 30.0 Å². The van der Waals surface area contributed by atoms with E-state index in [1.165, 1.54) is 38.5 Å². The van der Waals surface area contributed by atoms with Gasteiger partial charge in [0.25, 0.3) is 0 Å². The van der Waals surface area contributed by atoms with Crippen molar-refractivity contribution >= 4 is 40.9 Å². The van der Waals surface area contributed by atoms with Crippen LogP contribution in [0, 0.1) is 23.2 Å². The van der Waals surface area contributed by atoms with Gasteiger partial charge in [0.15, 0.2) is 0 Å². The molecule has 2 aromatic rings. The van der Waals surface area contributed by atoms with Crippen molar-refractivity contribution in [2.24, 2.45) is 23.2 Å². The van der Waals surface area contributed by atoms with Crippen LogP contribution in [0.25, 0.3) is 10.9 Å². The molecule has 0 radical (unpaired) electrons. The Morgan fingerprint density at radius 2 is 1.68 bits per heavy atom. The van der Waals surface area contributed by atoms with Gasteiger partial charge in [-0.25, -0.2) is 0 Å². The second kappa shape index (κ2) is 6.59. The summed E-state index contributed by atoms with van der Waals surface area (Å²) < 4.78 is 0. The predicted molar refractivity (Wildman–Crippen MR) is 105 cm³/mol. The number of ketones is 1. The molecule has 2 nitrogen and oxygen atoms in total. The number of hydrogen-bond donors (Lipinski definition) is 0. The average Bonchev–Trinajstić information content (AvgIpc) is 2.58. The lowest BCUT2D eigenvalue weighted by Crippen LogP contribution is -2.50. The van der Waals surface area contributed by atoms with Gasteiger partial charge in [0.05, 0.1) is 11.3 Å². The van der Waals surface area contributed by atoms with E-state index in [4.69, 9.17) is 0 Å². The van der Waals surface area contributed by atoms with E-state index >= 15 is 0 Å². The molecule has 0 unspecified atom stereocenters. The number of halogens is 1. The monoisotopic (exact) mass is 373 g/mol.